The molecule has 0 saturated heterocycles. The van der Waals surface area contributed by atoms with Gasteiger partial charge < -0.3 is 9.88 Å². The molecule has 0 aliphatic carbocycles. The maximum Gasteiger partial charge on any atom is 0.251 e. The van der Waals surface area contributed by atoms with Gasteiger partial charge in [0.1, 0.15) is 5.65 Å². The molecule has 0 aliphatic rings. The molecule has 1 aromatic carbocycles. The summed E-state index contributed by atoms with van der Waals surface area (Å²) in [5.41, 5.74) is 2.84. The van der Waals surface area contributed by atoms with Crippen molar-refractivity contribution >= 4 is 28.5 Å². The number of halogens is 1. The zero-order valence-electron chi connectivity index (χ0n) is 13.6. The molecule has 3 rings (SSSR count). The third-order valence-corrected chi connectivity index (χ3v) is 4.22. The molecule has 0 atom stereocenters. The molecule has 0 saturated carbocycles. The van der Waals surface area contributed by atoms with Gasteiger partial charge in [0.05, 0.1) is 0 Å². The highest BCUT2D eigenvalue weighted by molar-refractivity contribution is 6.30. The fraction of sp³-hybridized carbons (Fsp3) is 0.263. The van der Waals surface area contributed by atoms with E-state index in [1.807, 2.05) is 12.3 Å². The van der Waals surface area contributed by atoms with Crippen LogP contribution < -0.4 is 5.32 Å². The lowest BCUT2D eigenvalue weighted by atomic mass is 10.1. The van der Waals surface area contributed by atoms with Gasteiger partial charge in [0.25, 0.3) is 5.91 Å². The van der Waals surface area contributed by atoms with E-state index in [1.54, 1.807) is 24.3 Å². The predicted molar refractivity (Wildman–Crippen MR) is 97.5 cm³/mol. The van der Waals surface area contributed by atoms with E-state index in [0.29, 0.717) is 17.1 Å². The van der Waals surface area contributed by atoms with Crippen LogP contribution in [0.5, 0.6) is 0 Å². The quantitative estimate of drug-likeness (QED) is 0.734. The van der Waals surface area contributed by atoms with Crippen molar-refractivity contribution in [3.8, 4) is 0 Å². The molecule has 3 aromatic rings. The Hall–Kier alpha value is -2.33. The molecule has 5 heteroatoms. The van der Waals surface area contributed by atoms with Gasteiger partial charge in [-0.05, 0) is 54.8 Å². The SMILES string of the molecule is CCCn1cc(CCNC(=O)c2ccc(Cl)cc2)c2cccnc21. The predicted octanol–water partition coefficient (Wildman–Crippen LogP) is 4.07. The van der Waals surface area contributed by atoms with Crippen LogP contribution in [0, 0.1) is 0 Å². The van der Waals surface area contributed by atoms with E-state index in [-0.39, 0.29) is 5.91 Å². The molecule has 0 radical (unpaired) electrons. The molecule has 24 heavy (non-hydrogen) atoms. The molecular weight excluding hydrogens is 322 g/mol. The van der Waals surface area contributed by atoms with Gasteiger partial charge in [0.15, 0.2) is 0 Å². The van der Waals surface area contributed by atoms with Crippen molar-refractivity contribution in [2.75, 3.05) is 6.54 Å². The Kier molecular flexibility index (Phi) is 5.16. The van der Waals surface area contributed by atoms with Gasteiger partial charge in [-0.3, -0.25) is 4.79 Å². The Morgan fingerprint density at radius 2 is 2.04 bits per heavy atom. The minimum absolute atomic E-state index is 0.0814. The largest absolute Gasteiger partial charge is 0.352 e. The summed E-state index contributed by atoms with van der Waals surface area (Å²) >= 11 is 5.84. The van der Waals surface area contributed by atoms with Crippen LogP contribution in [0.25, 0.3) is 11.0 Å². The Morgan fingerprint density at radius 3 is 2.79 bits per heavy atom. The number of amides is 1. The van der Waals surface area contributed by atoms with E-state index in [4.69, 9.17) is 11.6 Å². The molecular formula is C19H20ClN3O. The second-order valence-electron chi connectivity index (χ2n) is 5.74. The Bertz CT molecular complexity index is 839. The lowest BCUT2D eigenvalue weighted by Crippen LogP contribution is -2.25. The zero-order chi connectivity index (χ0) is 16.9. The first-order valence-corrected chi connectivity index (χ1v) is 8.53. The summed E-state index contributed by atoms with van der Waals surface area (Å²) in [6, 6.07) is 10.9. The van der Waals surface area contributed by atoms with Crippen molar-refractivity contribution in [3.05, 3.63) is 64.9 Å². The summed E-state index contributed by atoms with van der Waals surface area (Å²) in [5.74, 6) is -0.0814. The fourth-order valence-corrected chi connectivity index (χ4v) is 2.95. The van der Waals surface area contributed by atoms with Crippen molar-refractivity contribution in [2.24, 2.45) is 0 Å². The summed E-state index contributed by atoms with van der Waals surface area (Å²) in [5, 5.41) is 4.75. The highest BCUT2D eigenvalue weighted by Crippen LogP contribution is 2.20. The Labute approximate surface area is 146 Å². The third kappa shape index (κ3) is 3.60. The second kappa shape index (κ2) is 7.49. The van der Waals surface area contributed by atoms with Crippen LogP contribution in [0.1, 0.15) is 29.3 Å². The fourth-order valence-electron chi connectivity index (χ4n) is 2.82. The molecule has 2 heterocycles. The summed E-state index contributed by atoms with van der Waals surface area (Å²) < 4.78 is 2.19. The van der Waals surface area contributed by atoms with Gasteiger partial charge in [-0.1, -0.05) is 18.5 Å². The summed E-state index contributed by atoms with van der Waals surface area (Å²) in [4.78, 5) is 16.6. The van der Waals surface area contributed by atoms with E-state index in [9.17, 15) is 4.79 Å². The van der Waals surface area contributed by atoms with Gasteiger partial charge in [-0.2, -0.15) is 0 Å². The first-order chi connectivity index (χ1) is 11.7. The third-order valence-electron chi connectivity index (χ3n) is 3.97. The van der Waals surface area contributed by atoms with E-state index >= 15 is 0 Å². The van der Waals surface area contributed by atoms with Gasteiger partial charge >= 0.3 is 0 Å². The van der Waals surface area contributed by atoms with Crippen LogP contribution in [0.15, 0.2) is 48.8 Å². The van der Waals surface area contributed by atoms with Crippen molar-refractivity contribution in [2.45, 2.75) is 26.3 Å². The van der Waals surface area contributed by atoms with Gasteiger partial charge in [-0.15, -0.1) is 0 Å². The molecule has 124 valence electrons. The van der Waals surface area contributed by atoms with Crippen LogP contribution in [-0.2, 0) is 13.0 Å². The van der Waals surface area contributed by atoms with Crippen molar-refractivity contribution in [3.63, 3.8) is 0 Å². The van der Waals surface area contributed by atoms with Gasteiger partial charge in [0.2, 0.25) is 0 Å². The smallest absolute Gasteiger partial charge is 0.251 e. The number of carbonyl (C=O) groups is 1. The van der Waals surface area contributed by atoms with Crippen LogP contribution in [0.2, 0.25) is 5.02 Å². The molecule has 2 aromatic heterocycles. The van der Waals surface area contributed by atoms with E-state index in [2.05, 4.69) is 34.1 Å². The molecule has 4 nitrogen and oxygen atoms in total. The summed E-state index contributed by atoms with van der Waals surface area (Å²) in [6.07, 6.45) is 5.81. The number of benzene rings is 1. The molecule has 0 spiro atoms. The standard InChI is InChI=1S/C19H20ClN3O/c1-2-12-23-13-15(17-4-3-10-21-18(17)23)9-11-22-19(24)14-5-7-16(20)8-6-14/h3-8,10,13H,2,9,11-12H2,1H3,(H,22,24). The van der Waals surface area contributed by atoms with E-state index in [0.717, 1.165) is 30.4 Å². The Morgan fingerprint density at radius 1 is 1.25 bits per heavy atom. The first kappa shape index (κ1) is 16.5. The monoisotopic (exact) mass is 341 g/mol. The summed E-state index contributed by atoms with van der Waals surface area (Å²) in [6.45, 7) is 3.69. The first-order valence-electron chi connectivity index (χ1n) is 8.15. The van der Waals surface area contributed by atoms with Crippen LogP contribution in [-0.4, -0.2) is 22.0 Å². The van der Waals surface area contributed by atoms with E-state index < -0.39 is 0 Å². The number of fused-ring (bicyclic) bond motifs is 1. The number of carbonyl (C=O) groups excluding carboxylic acids is 1. The van der Waals surface area contributed by atoms with Crippen molar-refractivity contribution in [1.82, 2.24) is 14.9 Å². The lowest BCUT2D eigenvalue weighted by molar-refractivity contribution is 0.0954. The van der Waals surface area contributed by atoms with Crippen molar-refractivity contribution in [1.29, 1.82) is 0 Å². The van der Waals surface area contributed by atoms with E-state index in [1.165, 1.54) is 5.56 Å². The van der Waals surface area contributed by atoms with Crippen molar-refractivity contribution < 1.29 is 4.79 Å². The molecule has 0 fully saturated rings. The minimum atomic E-state index is -0.0814. The highest BCUT2D eigenvalue weighted by Gasteiger charge is 2.10. The highest BCUT2D eigenvalue weighted by atomic mass is 35.5. The number of aromatic nitrogens is 2. The van der Waals surface area contributed by atoms with Gasteiger partial charge in [0, 0.05) is 41.5 Å². The zero-order valence-corrected chi connectivity index (χ0v) is 14.4. The summed E-state index contributed by atoms with van der Waals surface area (Å²) in [7, 11) is 0. The van der Waals surface area contributed by atoms with Crippen LogP contribution in [0.4, 0.5) is 0 Å². The normalized spacial score (nSPS) is 10.9. The lowest BCUT2D eigenvalue weighted by Gasteiger charge is -2.05. The number of pyridine rings is 1. The van der Waals surface area contributed by atoms with Crippen LogP contribution in [0.3, 0.4) is 0 Å². The topological polar surface area (TPSA) is 46.9 Å². The average Bonchev–Trinajstić information content (AvgIpc) is 2.94. The molecule has 0 unspecified atom stereocenters. The number of hydrogen-bond acceptors (Lipinski definition) is 2. The maximum atomic E-state index is 12.1. The molecule has 1 N–H and O–H groups in total. The second-order valence-corrected chi connectivity index (χ2v) is 6.17. The maximum absolute atomic E-state index is 12.1. The Balaban J connectivity index is 1.67. The molecule has 0 aliphatic heterocycles. The number of aryl methyl sites for hydroxylation is 1. The number of hydrogen-bond donors (Lipinski definition) is 1. The molecule has 1 amide bonds. The number of rotatable bonds is 6. The minimum Gasteiger partial charge on any atom is -0.352 e. The number of nitrogens with one attached hydrogen (secondary N) is 1. The van der Waals surface area contributed by atoms with Gasteiger partial charge in [-0.25, -0.2) is 4.98 Å². The molecule has 0 bridgehead atoms. The number of nitrogens with zero attached hydrogens (tertiary/aromatic N) is 2. The average molecular weight is 342 g/mol. The van der Waals surface area contributed by atoms with Crippen LogP contribution >= 0.6 is 11.6 Å².